The van der Waals surface area contributed by atoms with Crippen molar-refractivity contribution in [1.82, 2.24) is 9.78 Å². The second-order valence-electron chi connectivity index (χ2n) is 6.03. The molecular formula is C23H22N2O2. The molecule has 1 aromatic heterocycles. The van der Waals surface area contributed by atoms with Gasteiger partial charge in [-0.15, -0.1) is 0 Å². The fourth-order valence-electron chi connectivity index (χ4n) is 2.94. The SMILES string of the molecule is C=C/C=C\C(=C/CCn1cc2ccccc2n1)c1ccccc1C(=O)OC. The molecule has 0 bridgehead atoms. The first-order valence-electron chi connectivity index (χ1n) is 8.82. The van der Waals surface area contributed by atoms with Crippen molar-refractivity contribution in [3.05, 3.63) is 96.7 Å². The van der Waals surface area contributed by atoms with E-state index in [1.54, 1.807) is 12.1 Å². The number of ether oxygens (including phenoxy) is 1. The fourth-order valence-corrected chi connectivity index (χ4v) is 2.94. The zero-order chi connectivity index (χ0) is 19.1. The van der Waals surface area contributed by atoms with Gasteiger partial charge in [-0.3, -0.25) is 4.68 Å². The smallest absolute Gasteiger partial charge is 0.338 e. The number of carbonyl (C=O) groups excluding carboxylic acids is 1. The van der Waals surface area contributed by atoms with Crippen molar-refractivity contribution in [2.45, 2.75) is 13.0 Å². The maximum Gasteiger partial charge on any atom is 0.338 e. The highest BCUT2D eigenvalue weighted by molar-refractivity contribution is 5.96. The number of fused-ring (bicyclic) bond motifs is 1. The van der Waals surface area contributed by atoms with Crippen LogP contribution in [0.5, 0.6) is 0 Å². The van der Waals surface area contributed by atoms with Crippen molar-refractivity contribution in [2.24, 2.45) is 0 Å². The van der Waals surface area contributed by atoms with Crippen molar-refractivity contribution >= 4 is 22.4 Å². The van der Waals surface area contributed by atoms with Gasteiger partial charge in [0.2, 0.25) is 0 Å². The molecule has 0 saturated heterocycles. The number of hydrogen-bond donors (Lipinski definition) is 0. The third-order valence-electron chi connectivity index (χ3n) is 4.24. The lowest BCUT2D eigenvalue weighted by Crippen LogP contribution is -2.05. The zero-order valence-corrected chi connectivity index (χ0v) is 15.3. The van der Waals surface area contributed by atoms with Gasteiger partial charge < -0.3 is 4.74 Å². The standard InChI is InChI=1S/C23H22N2O2/c1-3-4-10-18(20-13-6-7-14-21(20)23(26)27-2)12-9-16-25-17-19-11-5-8-15-22(19)24-25/h3-8,10-15,17H,1,9,16H2,2H3/b10-4-,18-12+. The molecule has 3 aromatic rings. The van der Waals surface area contributed by atoms with Crippen LogP contribution in [0.25, 0.3) is 16.5 Å². The summed E-state index contributed by atoms with van der Waals surface area (Å²) < 4.78 is 6.86. The van der Waals surface area contributed by atoms with Crippen LogP contribution in [0.15, 0.2) is 85.6 Å². The number of carbonyl (C=O) groups is 1. The van der Waals surface area contributed by atoms with E-state index in [0.29, 0.717) is 5.56 Å². The van der Waals surface area contributed by atoms with Crippen LogP contribution in [0.2, 0.25) is 0 Å². The molecular weight excluding hydrogens is 336 g/mol. The molecule has 136 valence electrons. The Bertz CT molecular complexity index is 979. The second kappa shape index (κ2) is 8.81. The molecule has 0 unspecified atom stereocenters. The van der Waals surface area contributed by atoms with Gasteiger partial charge in [-0.05, 0) is 29.7 Å². The average Bonchev–Trinajstić information content (AvgIpc) is 3.12. The van der Waals surface area contributed by atoms with Crippen LogP contribution in [-0.4, -0.2) is 22.9 Å². The van der Waals surface area contributed by atoms with E-state index in [0.717, 1.165) is 35.0 Å². The third kappa shape index (κ3) is 4.42. The molecule has 0 amide bonds. The fraction of sp³-hybridized carbons (Fsp3) is 0.130. The van der Waals surface area contributed by atoms with Gasteiger partial charge in [0, 0.05) is 18.1 Å². The van der Waals surface area contributed by atoms with Crippen LogP contribution in [0, 0.1) is 0 Å². The number of aromatic nitrogens is 2. The molecule has 4 nitrogen and oxygen atoms in total. The van der Waals surface area contributed by atoms with Crippen molar-refractivity contribution < 1.29 is 9.53 Å². The monoisotopic (exact) mass is 358 g/mol. The molecule has 3 rings (SSSR count). The van der Waals surface area contributed by atoms with E-state index < -0.39 is 0 Å². The molecule has 0 spiro atoms. The quantitative estimate of drug-likeness (QED) is 0.439. The van der Waals surface area contributed by atoms with Gasteiger partial charge in [0.25, 0.3) is 0 Å². The highest BCUT2D eigenvalue weighted by Gasteiger charge is 2.12. The summed E-state index contributed by atoms with van der Waals surface area (Å²) in [6.07, 6.45) is 10.5. The van der Waals surface area contributed by atoms with E-state index in [9.17, 15) is 4.79 Å². The molecule has 2 aromatic carbocycles. The van der Waals surface area contributed by atoms with E-state index in [4.69, 9.17) is 4.74 Å². The summed E-state index contributed by atoms with van der Waals surface area (Å²) >= 11 is 0. The highest BCUT2D eigenvalue weighted by Crippen LogP contribution is 2.22. The number of rotatable bonds is 7. The van der Waals surface area contributed by atoms with E-state index in [2.05, 4.69) is 23.8 Å². The van der Waals surface area contributed by atoms with Gasteiger partial charge in [0.1, 0.15) is 0 Å². The number of allylic oxidation sites excluding steroid dienone is 5. The lowest BCUT2D eigenvalue weighted by Gasteiger charge is -2.09. The molecule has 1 heterocycles. The Morgan fingerprint density at radius 3 is 2.63 bits per heavy atom. The van der Waals surface area contributed by atoms with Crippen LogP contribution in [-0.2, 0) is 11.3 Å². The number of aryl methyl sites for hydroxylation is 1. The average molecular weight is 358 g/mol. The predicted octanol–water partition coefficient (Wildman–Crippen LogP) is 5.04. The lowest BCUT2D eigenvalue weighted by molar-refractivity contribution is 0.0600. The number of benzene rings is 2. The minimum Gasteiger partial charge on any atom is -0.465 e. The van der Waals surface area contributed by atoms with Crippen LogP contribution in [0.1, 0.15) is 22.3 Å². The summed E-state index contributed by atoms with van der Waals surface area (Å²) in [7, 11) is 1.39. The Morgan fingerprint density at radius 1 is 1.15 bits per heavy atom. The second-order valence-corrected chi connectivity index (χ2v) is 6.03. The zero-order valence-electron chi connectivity index (χ0n) is 15.3. The summed E-state index contributed by atoms with van der Waals surface area (Å²) in [4.78, 5) is 12.1. The van der Waals surface area contributed by atoms with Crippen LogP contribution in [0.3, 0.4) is 0 Å². The van der Waals surface area contributed by atoms with Gasteiger partial charge in [-0.2, -0.15) is 5.10 Å². The number of methoxy groups -OCH3 is 1. The molecule has 0 fully saturated rings. The van der Waals surface area contributed by atoms with Crippen LogP contribution < -0.4 is 0 Å². The first-order chi connectivity index (χ1) is 13.2. The Kier molecular flexibility index (Phi) is 6.00. The largest absolute Gasteiger partial charge is 0.465 e. The van der Waals surface area contributed by atoms with E-state index >= 15 is 0 Å². The summed E-state index contributed by atoms with van der Waals surface area (Å²) in [6, 6.07) is 15.5. The summed E-state index contributed by atoms with van der Waals surface area (Å²) in [5.41, 5.74) is 3.33. The highest BCUT2D eigenvalue weighted by atomic mass is 16.5. The predicted molar refractivity (Wildman–Crippen MR) is 109 cm³/mol. The number of esters is 1. The molecule has 27 heavy (non-hydrogen) atoms. The molecule has 4 heteroatoms. The topological polar surface area (TPSA) is 44.1 Å². The van der Waals surface area contributed by atoms with Crippen molar-refractivity contribution in [1.29, 1.82) is 0 Å². The summed E-state index contributed by atoms with van der Waals surface area (Å²) in [5, 5.41) is 5.71. The van der Waals surface area contributed by atoms with Gasteiger partial charge in [0.05, 0.1) is 18.2 Å². The van der Waals surface area contributed by atoms with Gasteiger partial charge >= 0.3 is 5.97 Å². The Balaban J connectivity index is 1.85. The van der Waals surface area contributed by atoms with Gasteiger partial charge in [0.15, 0.2) is 0 Å². The van der Waals surface area contributed by atoms with Crippen molar-refractivity contribution in [2.75, 3.05) is 7.11 Å². The van der Waals surface area contributed by atoms with Crippen LogP contribution in [0.4, 0.5) is 0 Å². The molecule has 0 radical (unpaired) electrons. The molecule has 0 N–H and O–H groups in total. The third-order valence-corrected chi connectivity index (χ3v) is 4.24. The summed E-state index contributed by atoms with van der Waals surface area (Å²) in [5.74, 6) is -0.346. The molecule has 0 saturated carbocycles. The first-order valence-corrected chi connectivity index (χ1v) is 8.82. The van der Waals surface area contributed by atoms with Gasteiger partial charge in [-0.25, -0.2) is 4.79 Å². The minimum atomic E-state index is -0.346. The lowest BCUT2D eigenvalue weighted by atomic mass is 9.98. The van der Waals surface area contributed by atoms with E-state index in [-0.39, 0.29) is 5.97 Å². The normalized spacial score (nSPS) is 11.8. The summed E-state index contributed by atoms with van der Waals surface area (Å²) in [6.45, 7) is 4.48. The van der Waals surface area contributed by atoms with Gasteiger partial charge in [-0.1, -0.05) is 67.3 Å². The Morgan fingerprint density at radius 2 is 1.89 bits per heavy atom. The number of nitrogens with zero attached hydrogens (tertiary/aromatic N) is 2. The Labute approximate surface area is 159 Å². The maximum absolute atomic E-state index is 12.1. The molecule has 0 aliphatic rings. The maximum atomic E-state index is 12.1. The van der Waals surface area contributed by atoms with E-state index in [1.807, 2.05) is 59.4 Å². The molecule has 0 atom stereocenters. The minimum absolute atomic E-state index is 0.346. The van der Waals surface area contributed by atoms with Crippen molar-refractivity contribution in [3.63, 3.8) is 0 Å². The first kappa shape index (κ1) is 18.4. The Hall–Kier alpha value is -3.40. The molecule has 0 aliphatic heterocycles. The number of hydrogen-bond acceptors (Lipinski definition) is 3. The van der Waals surface area contributed by atoms with Crippen molar-refractivity contribution in [3.8, 4) is 0 Å². The van der Waals surface area contributed by atoms with E-state index in [1.165, 1.54) is 7.11 Å². The molecule has 0 aliphatic carbocycles. The van der Waals surface area contributed by atoms with Crippen LogP contribution >= 0.6 is 0 Å².